The molecule has 0 radical (unpaired) electrons. The van der Waals surface area contributed by atoms with Crippen molar-refractivity contribution in [1.82, 2.24) is 18.7 Å². The monoisotopic (exact) mass is 1170 g/mol. The van der Waals surface area contributed by atoms with E-state index in [1.807, 2.05) is 18.3 Å². The molecule has 1 aliphatic heterocycles. The van der Waals surface area contributed by atoms with Gasteiger partial charge in [0.2, 0.25) is 0 Å². The van der Waals surface area contributed by atoms with E-state index in [2.05, 4.69) is 279 Å². The zero-order valence-electron chi connectivity index (χ0n) is 41.5. The minimum Gasteiger partial charge on any atom is -0.504 e. The SMILES string of the molecule is CN1[CH-]N(c2[c-]c(N(c3[c-]c4c(cc3)c3ccccc3n4-c3cc(C#N)c(-c4c(-n5c6ccccc6c6ccccc65)cccc4-n4c5ccccc5c5ccccc54)cn3)c3ccccc3)ccc2)c2ccccc21.[Pt]. The minimum atomic E-state index is 0. The maximum Gasteiger partial charge on any atom is 0.136 e. The van der Waals surface area contributed by atoms with Crippen LogP contribution in [0.2, 0.25) is 0 Å². The van der Waals surface area contributed by atoms with E-state index in [1.165, 1.54) is 0 Å². The number of nitriles is 1. The number of aromatic nitrogens is 4. The molecule has 9 heteroatoms. The molecule has 14 aromatic rings. The molecule has 15 rings (SSSR count). The predicted molar refractivity (Wildman–Crippen MR) is 311 cm³/mol. The molecule has 0 N–H and O–H groups in total. The third kappa shape index (κ3) is 7.12. The summed E-state index contributed by atoms with van der Waals surface area (Å²) in [7, 11) is 2.07. The second-order valence-electron chi connectivity index (χ2n) is 19.2. The van der Waals surface area contributed by atoms with Crippen molar-refractivity contribution in [2.75, 3.05) is 21.7 Å². The molecule has 5 heterocycles. The van der Waals surface area contributed by atoms with Gasteiger partial charge in [0.15, 0.2) is 0 Å². The molecule has 0 saturated carbocycles. The van der Waals surface area contributed by atoms with Crippen molar-refractivity contribution in [3.8, 4) is 34.4 Å². The Morgan fingerprint density at radius 1 is 0.468 bits per heavy atom. The van der Waals surface area contributed by atoms with Crippen LogP contribution in [0.25, 0.3) is 93.7 Å². The van der Waals surface area contributed by atoms with Crippen molar-refractivity contribution in [3.05, 3.63) is 261 Å². The Balaban J connectivity index is 0.00000540. The summed E-state index contributed by atoms with van der Waals surface area (Å²) in [5, 5.41) is 18.3. The van der Waals surface area contributed by atoms with Gasteiger partial charge >= 0.3 is 0 Å². The van der Waals surface area contributed by atoms with Crippen LogP contribution in [-0.2, 0) is 21.1 Å². The van der Waals surface area contributed by atoms with Crippen LogP contribution in [0.15, 0.2) is 237 Å². The zero-order chi connectivity index (χ0) is 50.4. The Bertz CT molecular complexity index is 4460. The van der Waals surface area contributed by atoms with Crippen molar-refractivity contribution in [1.29, 1.82) is 5.26 Å². The molecule has 10 aromatic carbocycles. The maximum atomic E-state index is 11.6. The summed E-state index contributed by atoms with van der Waals surface area (Å²) in [6.07, 6.45) is 1.91. The van der Waals surface area contributed by atoms with E-state index in [0.29, 0.717) is 11.4 Å². The third-order valence-electron chi connectivity index (χ3n) is 15.1. The predicted octanol–water partition coefficient (Wildman–Crippen LogP) is 16.7. The molecule has 368 valence electrons. The minimum absolute atomic E-state index is 0. The average Bonchev–Trinajstić information content (AvgIpc) is 4.22. The number of pyridine rings is 1. The topological polar surface area (TPSA) is 61.2 Å². The van der Waals surface area contributed by atoms with Gasteiger partial charge in [-0.25, -0.2) is 4.98 Å². The van der Waals surface area contributed by atoms with Crippen LogP contribution in [0, 0.1) is 30.1 Å². The Morgan fingerprint density at radius 2 is 0.948 bits per heavy atom. The fraction of sp³-hybridized carbons (Fsp3) is 0.0147. The molecule has 77 heavy (non-hydrogen) atoms. The number of benzene rings is 10. The molecule has 0 bridgehead atoms. The van der Waals surface area contributed by atoms with Crippen molar-refractivity contribution in [2.45, 2.75) is 0 Å². The van der Waals surface area contributed by atoms with Crippen LogP contribution < -0.4 is 14.7 Å². The molecule has 0 aliphatic carbocycles. The molecule has 8 nitrogen and oxygen atoms in total. The van der Waals surface area contributed by atoms with Gasteiger partial charge in [-0.3, -0.25) is 0 Å². The van der Waals surface area contributed by atoms with Crippen LogP contribution in [-0.4, -0.2) is 25.7 Å². The maximum absolute atomic E-state index is 11.6. The van der Waals surface area contributed by atoms with Gasteiger partial charge in [-0.15, -0.1) is 41.4 Å². The van der Waals surface area contributed by atoms with Gasteiger partial charge < -0.3 is 28.4 Å². The molecule has 0 unspecified atom stereocenters. The van der Waals surface area contributed by atoms with E-state index >= 15 is 0 Å². The first-order valence-corrected chi connectivity index (χ1v) is 25.4. The summed E-state index contributed by atoms with van der Waals surface area (Å²) in [6, 6.07) is 90.9. The Hall–Kier alpha value is -9.67. The summed E-state index contributed by atoms with van der Waals surface area (Å²) < 4.78 is 6.85. The second kappa shape index (κ2) is 18.3. The molecule has 0 amide bonds. The largest absolute Gasteiger partial charge is 0.504 e. The van der Waals surface area contributed by atoms with Gasteiger partial charge in [0, 0.05) is 82.5 Å². The van der Waals surface area contributed by atoms with Gasteiger partial charge in [-0.1, -0.05) is 144 Å². The van der Waals surface area contributed by atoms with E-state index in [1.54, 1.807) is 0 Å². The average molecular weight is 1170 g/mol. The van der Waals surface area contributed by atoms with Gasteiger partial charge in [0.05, 0.1) is 45.1 Å². The fourth-order valence-electron chi connectivity index (χ4n) is 11.8. The second-order valence-corrected chi connectivity index (χ2v) is 19.2. The molecular weight excluding hydrogens is 1120 g/mol. The van der Waals surface area contributed by atoms with Crippen LogP contribution in [0.5, 0.6) is 0 Å². The van der Waals surface area contributed by atoms with E-state index < -0.39 is 0 Å². The molecule has 4 aromatic heterocycles. The van der Waals surface area contributed by atoms with Gasteiger partial charge in [-0.05, 0) is 85.2 Å². The fourth-order valence-corrected chi connectivity index (χ4v) is 11.8. The Labute approximate surface area is 459 Å². The number of anilines is 6. The zero-order valence-corrected chi connectivity index (χ0v) is 43.8. The van der Waals surface area contributed by atoms with Gasteiger partial charge in [-0.2, -0.15) is 24.1 Å². The summed E-state index contributed by atoms with van der Waals surface area (Å²) in [5.74, 6) is 0.611. The third-order valence-corrected chi connectivity index (χ3v) is 15.1. The molecule has 0 spiro atoms. The normalized spacial score (nSPS) is 12.3. The summed E-state index contributed by atoms with van der Waals surface area (Å²) in [4.78, 5) is 11.9. The van der Waals surface area contributed by atoms with E-state index in [9.17, 15) is 5.26 Å². The van der Waals surface area contributed by atoms with Crippen molar-refractivity contribution >= 4 is 99.5 Å². The first-order valence-electron chi connectivity index (χ1n) is 25.4. The number of rotatable bonds is 8. The van der Waals surface area contributed by atoms with Crippen LogP contribution in [0.1, 0.15) is 5.56 Å². The molecule has 0 atom stereocenters. The van der Waals surface area contributed by atoms with Gasteiger partial charge in [0.1, 0.15) is 5.82 Å². The molecule has 1 aliphatic rings. The molecule has 0 fully saturated rings. The van der Waals surface area contributed by atoms with Gasteiger partial charge in [0.25, 0.3) is 0 Å². The Morgan fingerprint density at radius 3 is 1.53 bits per heavy atom. The molecule has 0 saturated heterocycles. The van der Waals surface area contributed by atoms with Crippen LogP contribution in [0.3, 0.4) is 0 Å². The van der Waals surface area contributed by atoms with Crippen LogP contribution in [0.4, 0.5) is 34.1 Å². The summed E-state index contributed by atoms with van der Waals surface area (Å²) in [5.41, 5.74) is 15.9. The van der Waals surface area contributed by atoms with Crippen molar-refractivity contribution in [2.24, 2.45) is 0 Å². The van der Waals surface area contributed by atoms with E-state index in [4.69, 9.17) is 4.98 Å². The van der Waals surface area contributed by atoms with E-state index in [-0.39, 0.29) is 21.1 Å². The number of hydrogen-bond donors (Lipinski definition) is 0. The van der Waals surface area contributed by atoms with Crippen LogP contribution >= 0.6 is 0 Å². The van der Waals surface area contributed by atoms with E-state index in [0.717, 1.165) is 122 Å². The molecular formula is C68H43N8Pt-3. The van der Waals surface area contributed by atoms with Crippen molar-refractivity contribution < 1.29 is 21.1 Å². The van der Waals surface area contributed by atoms with Crippen molar-refractivity contribution in [3.63, 3.8) is 0 Å². The number of nitrogens with zero attached hydrogens (tertiary/aromatic N) is 8. The number of hydrogen-bond acceptors (Lipinski definition) is 5. The summed E-state index contributed by atoms with van der Waals surface area (Å²) in [6.45, 7) is 2.10. The smallest absolute Gasteiger partial charge is 0.136 e. The standard InChI is InChI=1S/C68H43N8.Pt/c1-71-44-72(63-34-16-15-33-62(63)71)47-21-17-22-48(40-47)73(46-19-3-2-4-20-46)49-37-38-55-54-27-9-14-32-61(54)76(66(55)41-49)67-39-45(42-69)56(43-70-67)68-64(74-57-28-10-5-23-50(57)51-24-6-11-29-58(51)74)35-18-36-65(68)75-59-30-12-7-25-52(59)53-26-8-13-31-60(53)75;/h2-39,43-44H,1H3;/q-3;. The summed E-state index contributed by atoms with van der Waals surface area (Å²) >= 11 is 0. The number of fused-ring (bicyclic) bond motifs is 10. The first-order chi connectivity index (χ1) is 37.6. The quantitative estimate of drug-likeness (QED) is 0.142. The Kier molecular flexibility index (Phi) is 10.9. The number of para-hydroxylation sites is 8. The first kappa shape index (κ1) is 45.9.